The summed E-state index contributed by atoms with van der Waals surface area (Å²) in [5.41, 5.74) is 0.324. The van der Waals surface area contributed by atoms with Crippen molar-refractivity contribution < 1.29 is 23.1 Å². The molecule has 0 fully saturated rings. The Bertz CT molecular complexity index is 564. The molecule has 1 N–H and O–H groups in total. The highest BCUT2D eigenvalue weighted by Gasteiger charge is 2.35. The quantitative estimate of drug-likeness (QED) is 0.806. The highest BCUT2D eigenvalue weighted by molar-refractivity contribution is 5.95. The molecule has 1 amide bonds. The van der Waals surface area contributed by atoms with Gasteiger partial charge in [-0.05, 0) is 31.0 Å². The van der Waals surface area contributed by atoms with Gasteiger partial charge in [-0.2, -0.15) is 13.2 Å². The SMILES string of the molecule is Cc1ccc(C(=O)N2CC=C(C(F)(F)F)CC2)cc1O. The molecule has 1 aromatic rings. The van der Waals surface area contributed by atoms with Gasteiger partial charge in [0.15, 0.2) is 0 Å². The first-order chi connectivity index (χ1) is 9.29. The van der Waals surface area contributed by atoms with E-state index < -0.39 is 11.7 Å². The minimum Gasteiger partial charge on any atom is -0.508 e. The number of amides is 1. The van der Waals surface area contributed by atoms with Crippen molar-refractivity contribution in [2.45, 2.75) is 19.5 Å². The maximum Gasteiger partial charge on any atom is 0.412 e. The van der Waals surface area contributed by atoms with Gasteiger partial charge >= 0.3 is 6.18 Å². The van der Waals surface area contributed by atoms with Crippen molar-refractivity contribution in [2.75, 3.05) is 13.1 Å². The zero-order valence-corrected chi connectivity index (χ0v) is 10.9. The highest BCUT2D eigenvalue weighted by Crippen LogP contribution is 2.30. The number of hydrogen-bond donors (Lipinski definition) is 1. The van der Waals surface area contributed by atoms with Crippen LogP contribution in [0.4, 0.5) is 13.2 Å². The topological polar surface area (TPSA) is 40.5 Å². The molecule has 0 bridgehead atoms. The van der Waals surface area contributed by atoms with Gasteiger partial charge in [0.25, 0.3) is 5.91 Å². The third-order valence-corrected chi connectivity index (χ3v) is 3.32. The monoisotopic (exact) mass is 285 g/mol. The van der Waals surface area contributed by atoms with E-state index in [2.05, 4.69) is 0 Å². The molecule has 0 atom stereocenters. The van der Waals surface area contributed by atoms with Crippen LogP contribution in [0.1, 0.15) is 22.3 Å². The van der Waals surface area contributed by atoms with E-state index in [-0.39, 0.29) is 36.7 Å². The van der Waals surface area contributed by atoms with Crippen LogP contribution in [0.3, 0.4) is 0 Å². The van der Waals surface area contributed by atoms with Crippen LogP contribution in [0.5, 0.6) is 5.75 Å². The van der Waals surface area contributed by atoms with Crippen molar-refractivity contribution in [1.29, 1.82) is 0 Å². The van der Waals surface area contributed by atoms with Crippen LogP contribution in [0, 0.1) is 6.92 Å². The average molecular weight is 285 g/mol. The van der Waals surface area contributed by atoms with Crippen LogP contribution in [-0.2, 0) is 0 Å². The molecule has 3 nitrogen and oxygen atoms in total. The summed E-state index contributed by atoms with van der Waals surface area (Å²) in [4.78, 5) is 13.5. The Labute approximate surface area is 114 Å². The molecule has 2 rings (SSSR count). The van der Waals surface area contributed by atoms with Crippen molar-refractivity contribution in [2.24, 2.45) is 0 Å². The predicted octanol–water partition coefficient (Wildman–Crippen LogP) is 3.04. The highest BCUT2D eigenvalue weighted by atomic mass is 19.4. The van der Waals surface area contributed by atoms with Gasteiger partial charge in [0.05, 0.1) is 0 Å². The van der Waals surface area contributed by atoms with Crippen LogP contribution in [-0.4, -0.2) is 35.2 Å². The summed E-state index contributed by atoms with van der Waals surface area (Å²) in [7, 11) is 0. The summed E-state index contributed by atoms with van der Waals surface area (Å²) < 4.78 is 37.5. The molecule has 1 aromatic carbocycles. The van der Waals surface area contributed by atoms with Crippen molar-refractivity contribution in [3.05, 3.63) is 41.0 Å². The molecule has 0 unspecified atom stereocenters. The molecule has 0 spiro atoms. The van der Waals surface area contributed by atoms with E-state index in [1.54, 1.807) is 19.1 Å². The number of carbonyl (C=O) groups is 1. The summed E-state index contributed by atoms with van der Waals surface area (Å²) in [6, 6.07) is 4.49. The Morgan fingerprint density at radius 2 is 2.05 bits per heavy atom. The van der Waals surface area contributed by atoms with Gasteiger partial charge in [0, 0.05) is 24.2 Å². The Morgan fingerprint density at radius 3 is 2.55 bits per heavy atom. The minimum atomic E-state index is -4.32. The Balaban J connectivity index is 2.12. The number of hydrogen-bond acceptors (Lipinski definition) is 2. The number of phenols is 1. The summed E-state index contributed by atoms with van der Waals surface area (Å²) in [5.74, 6) is -0.378. The van der Waals surface area contributed by atoms with Crippen molar-refractivity contribution in [1.82, 2.24) is 4.90 Å². The predicted molar refractivity (Wildman–Crippen MR) is 67.5 cm³/mol. The number of aromatic hydroxyl groups is 1. The lowest BCUT2D eigenvalue weighted by atomic mass is 10.1. The summed E-state index contributed by atoms with van der Waals surface area (Å²) in [5, 5.41) is 9.56. The number of phenolic OH excluding ortho intramolecular Hbond substituents is 1. The maximum atomic E-state index is 12.5. The summed E-state index contributed by atoms with van der Waals surface area (Å²) >= 11 is 0. The molecule has 0 radical (unpaired) electrons. The Hall–Kier alpha value is -1.98. The van der Waals surface area contributed by atoms with E-state index in [4.69, 9.17) is 0 Å². The van der Waals surface area contributed by atoms with E-state index in [9.17, 15) is 23.1 Å². The van der Waals surface area contributed by atoms with Crippen molar-refractivity contribution in [3.8, 4) is 5.75 Å². The average Bonchev–Trinajstić information content (AvgIpc) is 2.40. The number of rotatable bonds is 1. The van der Waals surface area contributed by atoms with E-state index in [1.165, 1.54) is 11.0 Å². The summed E-state index contributed by atoms with van der Waals surface area (Å²) in [6.07, 6.45) is -3.49. The fourth-order valence-electron chi connectivity index (χ4n) is 2.04. The summed E-state index contributed by atoms with van der Waals surface area (Å²) in [6.45, 7) is 1.66. The van der Waals surface area contributed by atoms with Gasteiger partial charge in [-0.25, -0.2) is 0 Å². The van der Waals surface area contributed by atoms with Gasteiger partial charge < -0.3 is 10.0 Å². The molecule has 108 valence electrons. The van der Waals surface area contributed by atoms with Crippen LogP contribution < -0.4 is 0 Å². The van der Waals surface area contributed by atoms with E-state index in [0.29, 0.717) is 5.56 Å². The molecule has 0 aromatic heterocycles. The first kappa shape index (κ1) is 14.4. The largest absolute Gasteiger partial charge is 0.508 e. The van der Waals surface area contributed by atoms with E-state index >= 15 is 0 Å². The zero-order chi connectivity index (χ0) is 14.9. The second-order valence-corrected chi connectivity index (χ2v) is 4.73. The third kappa shape index (κ3) is 2.95. The van der Waals surface area contributed by atoms with Gasteiger partial charge in [-0.3, -0.25) is 4.79 Å². The maximum absolute atomic E-state index is 12.5. The first-order valence-corrected chi connectivity index (χ1v) is 6.14. The zero-order valence-electron chi connectivity index (χ0n) is 10.9. The smallest absolute Gasteiger partial charge is 0.412 e. The molecule has 1 heterocycles. The lowest BCUT2D eigenvalue weighted by Gasteiger charge is -2.27. The van der Waals surface area contributed by atoms with Gasteiger partial charge in [-0.15, -0.1) is 0 Å². The number of alkyl halides is 3. The number of carbonyl (C=O) groups excluding carboxylic acids is 1. The number of halogens is 3. The van der Waals surface area contributed by atoms with Crippen LogP contribution >= 0.6 is 0 Å². The molecule has 6 heteroatoms. The molecule has 0 aliphatic carbocycles. The Kier molecular flexibility index (Phi) is 3.74. The van der Waals surface area contributed by atoms with Crippen LogP contribution in [0.25, 0.3) is 0 Å². The standard InChI is InChI=1S/C14H14F3NO2/c1-9-2-3-10(8-12(9)19)13(20)18-6-4-11(5-7-18)14(15,16)17/h2-4,8,19H,5-7H2,1H3. The second-order valence-electron chi connectivity index (χ2n) is 4.73. The fourth-order valence-corrected chi connectivity index (χ4v) is 2.04. The molecule has 1 aliphatic rings. The van der Waals surface area contributed by atoms with Crippen molar-refractivity contribution >= 4 is 5.91 Å². The van der Waals surface area contributed by atoms with E-state index in [0.717, 1.165) is 6.08 Å². The van der Waals surface area contributed by atoms with Crippen LogP contribution in [0.2, 0.25) is 0 Å². The third-order valence-electron chi connectivity index (χ3n) is 3.32. The Morgan fingerprint density at radius 1 is 1.35 bits per heavy atom. The van der Waals surface area contributed by atoms with Gasteiger partial charge in [0.1, 0.15) is 5.75 Å². The second kappa shape index (κ2) is 5.19. The molecular formula is C14H14F3NO2. The van der Waals surface area contributed by atoms with Gasteiger partial charge in [0.2, 0.25) is 0 Å². The van der Waals surface area contributed by atoms with E-state index in [1.807, 2.05) is 0 Å². The molecule has 0 saturated carbocycles. The van der Waals surface area contributed by atoms with Gasteiger partial charge in [-0.1, -0.05) is 12.1 Å². The molecular weight excluding hydrogens is 271 g/mol. The number of aryl methyl sites for hydroxylation is 1. The first-order valence-electron chi connectivity index (χ1n) is 6.14. The normalized spacial score (nSPS) is 16.0. The lowest BCUT2D eigenvalue weighted by Crippen LogP contribution is -2.36. The number of benzene rings is 1. The fraction of sp³-hybridized carbons (Fsp3) is 0.357. The minimum absolute atomic E-state index is 0.000572. The van der Waals surface area contributed by atoms with Crippen LogP contribution in [0.15, 0.2) is 29.8 Å². The molecule has 20 heavy (non-hydrogen) atoms. The lowest BCUT2D eigenvalue weighted by molar-refractivity contribution is -0.0957. The molecule has 0 saturated heterocycles. The number of nitrogens with zero attached hydrogens (tertiary/aromatic N) is 1. The van der Waals surface area contributed by atoms with Crippen molar-refractivity contribution in [3.63, 3.8) is 0 Å². The molecule has 1 aliphatic heterocycles.